The van der Waals surface area contributed by atoms with E-state index >= 15 is 0 Å². The Morgan fingerprint density at radius 2 is 2.04 bits per heavy atom. The Morgan fingerprint density at radius 3 is 2.73 bits per heavy atom. The van der Waals surface area contributed by atoms with Gasteiger partial charge in [-0.3, -0.25) is 4.79 Å². The molecule has 140 valence electrons. The highest BCUT2D eigenvalue weighted by molar-refractivity contribution is 7.99. The van der Waals surface area contributed by atoms with Crippen LogP contribution >= 0.6 is 11.8 Å². The van der Waals surface area contributed by atoms with Gasteiger partial charge in [-0.05, 0) is 43.9 Å². The van der Waals surface area contributed by atoms with Crippen LogP contribution < -0.4 is 14.8 Å². The fraction of sp³-hybridized carbons (Fsp3) is 0.500. The Labute approximate surface area is 157 Å². The number of aromatic nitrogens is 3. The van der Waals surface area contributed by atoms with Gasteiger partial charge in [0.1, 0.15) is 5.82 Å². The van der Waals surface area contributed by atoms with Gasteiger partial charge in [-0.1, -0.05) is 17.8 Å². The average Bonchev–Trinajstić information content (AvgIpc) is 3.42. The van der Waals surface area contributed by atoms with Gasteiger partial charge < -0.3 is 19.4 Å². The zero-order chi connectivity index (χ0) is 18.5. The van der Waals surface area contributed by atoms with Crippen LogP contribution in [-0.4, -0.2) is 47.2 Å². The van der Waals surface area contributed by atoms with E-state index < -0.39 is 0 Å². The van der Waals surface area contributed by atoms with Crippen molar-refractivity contribution >= 4 is 17.7 Å². The van der Waals surface area contributed by atoms with Crippen LogP contribution in [0.1, 0.15) is 30.3 Å². The normalized spacial score (nSPS) is 13.5. The van der Waals surface area contributed by atoms with Crippen molar-refractivity contribution in [2.45, 2.75) is 37.4 Å². The van der Waals surface area contributed by atoms with Crippen molar-refractivity contribution in [2.75, 3.05) is 26.5 Å². The fourth-order valence-electron chi connectivity index (χ4n) is 2.76. The van der Waals surface area contributed by atoms with Gasteiger partial charge >= 0.3 is 0 Å². The second kappa shape index (κ2) is 8.44. The number of carbonyl (C=O) groups is 1. The number of ether oxygens (including phenoxy) is 2. The zero-order valence-corrected chi connectivity index (χ0v) is 16.1. The van der Waals surface area contributed by atoms with Crippen molar-refractivity contribution in [1.82, 2.24) is 20.1 Å². The van der Waals surface area contributed by atoms with E-state index in [2.05, 4.69) is 20.1 Å². The van der Waals surface area contributed by atoms with Crippen molar-refractivity contribution in [3.8, 4) is 11.5 Å². The molecule has 0 unspecified atom stereocenters. The molecule has 1 fully saturated rings. The first-order chi connectivity index (χ1) is 12.6. The zero-order valence-electron chi connectivity index (χ0n) is 15.3. The van der Waals surface area contributed by atoms with Crippen molar-refractivity contribution < 1.29 is 14.3 Å². The Kier molecular flexibility index (Phi) is 6.03. The van der Waals surface area contributed by atoms with Gasteiger partial charge in [0.05, 0.1) is 20.0 Å². The molecule has 0 aliphatic heterocycles. The molecule has 26 heavy (non-hydrogen) atoms. The average molecular weight is 376 g/mol. The second-order valence-corrected chi connectivity index (χ2v) is 7.15. The second-order valence-electron chi connectivity index (χ2n) is 6.21. The Hall–Kier alpha value is -2.22. The molecule has 0 atom stereocenters. The first kappa shape index (κ1) is 18.6. The first-order valence-corrected chi connectivity index (χ1v) is 9.63. The molecule has 1 aromatic carbocycles. The maximum atomic E-state index is 12.1. The molecule has 7 nitrogen and oxygen atoms in total. The van der Waals surface area contributed by atoms with Gasteiger partial charge in [-0.15, -0.1) is 10.2 Å². The van der Waals surface area contributed by atoms with E-state index in [1.807, 2.05) is 25.1 Å². The first-order valence-electron chi connectivity index (χ1n) is 8.64. The summed E-state index contributed by atoms with van der Waals surface area (Å²) in [4.78, 5) is 12.1. The van der Waals surface area contributed by atoms with Gasteiger partial charge in [0.2, 0.25) is 5.91 Å². The van der Waals surface area contributed by atoms with E-state index in [4.69, 9.17) is 9.47 Å². The van der Waals surface area contributed by atoms with Crippen LogP contribution in [0.4, 0.5) is 0 Å². The molecule has 2 aromatic rings. The Morgan fingerprint density at radius 1 is 1.27 bits per heavy atom. The predicted molar refractivity (Wildman–Crippen MR) is 100 cm³/mol. The highest BCUT2D eigenvalue weighted by Crippen LogP contribution is 2.38. The van der Waals surface area contributed by atoms with Crippen LogP contribution in [0.5, 0.6) is 11.5 Å². The summed E-state index contributed by atoms with van der Waals surface area (Å²) in [7, 11) is 3.23. The minimum Gasteiger partial charge on any atom is -0.493 e. The number of methoxy groups -OCH3 is 2. The van der Waals surface area contributed by atoms with E-state index in [-0.39, 0.29) is 5.91 Å². The molecule has 8 heteroatoms. The summed E-state index contributed by atoms with van der Waals surface area (Å²) < 4.78 is 12.7. The maximum Gasteiger partial charge on any atom is 0.230 e. The molecular formula is C18H24N4O3S. The van der Waals surface area contributed by atoms with Crippen LogP contribution in [0.15, 0.2) is 23.4 Å². The van der Waals surface area contributed by atoms with Gasteiger partial charge in [0, 0.05) is 12.6 Å². The van der Waals surface area contributed by atoms with Crippen LogP contribution in [0.3, 0.4) is 0 Å². The molecule has 0 saturated heterocycles. The Balaban J connectivity index is 1.45. The predicted octanol–water partition coefficient (Wildman–Crippen LogP) is 2.39. The van der Waals surface area contributed by atoms with Crippen LogP contribution in [-0.2, 0) is 11.2 Å². The largest absolute Gasteiger partial charge is 0.493 e. The summed E-state index contributed by atoms with van der Waals surface area (Å²) in [5.74, 6) is 2.66. The molecule has 1 heterocycles. The molecule has 0 spiro atoms. The number of nitrogens with one attached hydrogen (secondary N) is 1. The minimum atomic E-state index is -0.00141. The minimum absolute atomic E-state index is 0.00141. The number of rotatable bonds is 9. The molecule has 1 amide bonds. The Bertz CT molecular complexity index is 774. The number of hydrogen-bond acceptors (Lipinski definition) is 6. The summed E-state index contributed by atoms with van der Waals surface area (Å²) in [6, 6.07) is 6.29. The molecular weight excluding hydrogens is 352 g/mol. The number of benzene rings is 1. The van der Waals surface area contributed by atoms with Gasteiger partial charge in [-0.2, -0.15) is 0 Å². The third kappa shape index (κ3) is 4.49. The van der Waals surface area contributed by atoms with Gasteiger partial charge in [0.15, 0.2) is 16.7 Å². The number of aryl methyl sites for hydroxylation is 1. The van der Waals surface area contributed by atoms with Crippen LogP contribution in [0.2, 0.25) is 0 Å². The maximum absolute atomic E-state index is 12.1. The summed E-state index contributed by atoms with van der Waals surface area (Å²) in [5.41, 5.74) is 1.08. The fourth-order valence-corrected chi connectivity index (χ4v) is 3.65. The molecule has 1 aliphatic rings. The van der Waals surface area contributed by atoms with E-state index in [0.29, 0.717) is 29.8 Å². The topological polar surface area (TPSA) is 78.3 Å². The smallest absolute Gasteiger partial charge is 0.230 e. The molecule has 1 aliphatic carbocycles. The van der Waals surface area contributed by atoms with Crippen molar-refractivity contribution in [3.63, 3.8) is 0 Å². The third-order valence-corrected chi connectivity index (χ3v) is 5.21. The van der Waals surface area contributed by atoms with Crippen molar-refractivity contribution in [2.24, 2.45) is 0 Å². The van der Waals surface area contributed by atoms with Gasteiger partial charge in [-0.25, -0.2) is 0 Å². The van der Waals surface area contributed by atoms with E-state index in [1.54, 1.807) is 14.2 Å². The lowest BCUT2D eigenvalue weighted by Crippen LogP contribution is -2.27. The SMILES string of the molecule is COc1ccc(CCNC(=O)CSc2nnc(C)n2C2CC2)cc1OC. The van der Waals surface area contributed by atoms with Crippen molar-refractivity contribution in [3.05, 3.63) is 29.6 Å². The quantitative estimate of drug-likeness (QED) is 0.677. The molecule has 0 bridgehead atoms. The van der Waals surface area contributed by atoms with Crippen LogP contribution in [0.25, 0.3) is 0 Å². The summed E-state index contributed by atoms with van der Waals surface area (Å²) in [6.45, 7) is 2.53. The van der Waals surface area contributed by atoms with Crippen molar-refractivity contribution in [1.29, 1.82) is 0 Å². The lowest BCUT2D eigenvalue weighted by molar-refractivity contribution is -0.118. The number of amides is 1. The summed E-state index contributed by atoms with van der Waals surface area (Å²) in [6.07, 6.45) is 3.07. The molecule has 1 saturated carbocycles. The molecule has 3 rings (SSSR count). The van der Waals surface area contributed by atoms with Crippen LogP contribution in [0, 0.1) is 6.92 Å². The summed E-state index contributed by atoms with van der Waals surface area (Å²) >= 11 is 1.44. The number of thioether (sulfide) groups is 1. The molecule has 0 radical (unpaired) electrons. The third-order valence-electron chi connectivity index (χ3n) is 4.26. The summed E-state index contributed by atoms with van der Waals surface area (Å²) in [5, 5.41) is 12.1. The van der Waals surface area contributed by atoms with E-state index in [9.17, 15) is 4.79 Å². The number of hydrogen-bond donors (Lipinski definition) is 1. The highest BCUT2D eigenvalue weighted by atomic mass is 32.2. The molecule has 1 aromatic heterocycles. The molecule has 1 N–H and O–H groups in total. The lowest BCUT2D eigenvalue weighted by atomic mass is 10.1. The van der Waals surface area contributed by atoms with E-state index in [0.717, 1.165) is 23.0 Å². The number of nitrogens with zero attached hydrogens (tertiary/aromatic N) is 3. The number of carbonyl (C=O) groups excluding carboxylic acids is 1. The van der Waals surface area contributed by atoms with Gasteiger partial charge in [0.25, 0.3) is 0 Å². The standard InChI is InChI=1S/C18H24N4O3S/c1-12-20-21-18(22(12)14-5-6-14)26-11-17(23)19-9-8-13-4-7-15(24-2)16(10-13)25-3/h4,7,10,14H,5-6,8-9,11H2,1-3H3,(H,19,23). The lowest BCUT2D eigenvalue weighted by Gasteiger charge is -2.10. The highest BCUT2D eigenvalue weighted by Gasteiger charge is 2.28. The van der Waals surface area contributed by atoms with E-state index in [1.165, 1.54) is 24.6 Å². The monoisotopic (exact) mass is 376 g/mol.